The predicted molar refractivity (Wildman–Crippen MR) is 60.3 cm³/mol. The molecule has 0 bridgehead atoms. The summed E-state index contributed by atoms with van der Waals surface area (Å²) in [5.41, 5.74) is -0.322. The summed E-state index contributed by atoms with van der Waals surface area (Å²) >= 11 is 9.37. The Morgan fingerprint density at radius 2 is 2.15 bits per heavy atom. The van der Waals surface area contributed by atoms with Crippen LogP contribution < -0.4 is 5.32 Å². The van der Waals surface area contributed by atoms with E-state index < -0.39 is 2.14 Å². The molecule has 0 aromatic carbocycles. The van der Waals surface area contributed by atoms with E-state index in [-0.39, 0.29) is 11.6 Å². The second-order valence-electron chi connectivity index (χ2n) is 3.37. The molecule has 1 atom stereocenters. The molecule has 0 spiro atoms. The Morgan fingerprint density at radius 1 is 1.54 bits per heavy atom. The minimum absolute atomic E-state index is 0.322. The maximum atomic E-state index is 11.4. The maximum Gasteiger partial charge on any atom is 0.345 e. The van der Waals surface area contributed by atoms with E-state index in [2.05, 4.69) is 53.1 Å². The van der Waals surface area contributed by atoms with E-state index in [0.29, 0.717) is 0 Å². The molecule has 0 aromatic rings. The number of halogens is 3. The summed E-state index contributed by atoms with van der Waals surface area (Å²) in [6.07, 6.45) is 0.905. The highest BCUT2D eigenvalue weighted by Crippen LogP contribution is 2.36. The van der Waals surface area contributed by atoms with Gasteiger partial charge in [-0.25, -0.2) is 4.79 Å². The topological polar surface area (TPSA) is 42.9 Å². The Morgan fingerprint density at radius 3 is 2.54 bits per heavy atom. The van der Waals surface area contributed by atoms with Crippen LogP contribution in [0.3, 0.4) is 0 Å². The standard InChI is InChI=1S/C7H10Br3NO2/c1-6(2-3-11-4-6)13-5(12)7(8,9)10/h11H,2-4H2,1H3/p+1. The van der Waals surface area contributed by atoms with Crippen LogP contribution in [0.5, 0.6) is 0 Å². The number of ether oxygens (including phenoxy) is 1. The molecule has 1 heterocycles. The van der Waals surface area contributed by atoms with Crippen molar-refractivity contribution in [3.8, 4) is 0 Å². The number of carbonyl (C=O) groups is 1. The highest BCUT2D eigenvalue weighted by Gasteiger charge is 2.41. The van der Waals surface area contributed by atoms with Crippen molar-refractivity contribution in [1.29, 1.82) is 0 Å². The van der Waals surface area contributed by atoms with Crippen LogP contribution in [-0.4, -0.2) is 26.8 Å². The molecule has 1 unspecified atom stereocenters. The molecule has 0 amide bonds. The van der Waals surface area contributed by atoms with Gasteiger partial charge in [-0.2, -0.15) is 0 Å². The molecule has 13 heavy (non-hydrogen) atoms. The Hall–Kier alpha value is 0.870. The van der Waals surface area contributed by atoms with E-state index in [1.165, 1.54) is 0 Å². The van der Waals surface area contributed by atoms with Gasteiger partial charge in [0.15, 0.2) is 5.60 Å². The van der Waals surface area contributed by atoms with E-state index in [0.717, 1.165) is 19.5 Å². The molecule has 1 saturated heterocycles. The first-order chi connectivity index (χ1) is 5.83. The number of esters is 1. The van der Waals surface area contributed by atoms with Gasteiger partial charge in [0.1, 0.15) is 6.54 Å². The van der Waals surface area contributed by atoms with Gasteiger partial charge in [0.2, 0.25) is 2.14 Å². The molecule has 2 N–H and O–H groups in total. The summed E-state index contributed by atoms with van der Waals surface area (Å²) in [4.78, 5) is 11.4. The summed E-state index contributed by atoms with van der Waals surface area (Å²) < 4.78 is 4.41. The lowest BCUT2D eigenvalue weighted by atomic mass is 10.1. The zero-order valence-electron chi connectivity index (χ0n) is 7.15. The molecule has 0 aliphatic carbocycles. The lowest BCUT2D eigenvalue weighted by Gasteiger charge is -2.23. The lowest BCUT2D eigenvalue weighted by Crippen LogP contribution is -2.82. The molecule has 3 nitrogen and oxygen atoms in total. The molecule has 1 aliphatic rings. The zero-order chi connectivity index (χ0) is 10.1. The molecule has 76 valence electrons. The van der Waals surface area contributed by atoms with Crippen LogP contribution in [-0.2, 0) is 9.53 Å². The molecule has 6 heteroatoms. The minimum Gasteiger partial charge on any atom is -0.451 e. The highest BCUT2D eigenvalue weighted by atomic mass is 80.0. The van der Waals surface area contributed by atoms with Crippen molar-refractivity contribution in [2.24, 2.45) is 0 Å². The van der Waals surface area contributed by atoms with Crippen LogP contribution in [0, 0.1) is 0 Å². The van der Waals surface area contributed by atoms with E-state index in [9.17, 15) is 4.79 Å². The van der Waals surface area contributed by atoms with Crippen LogP contribution in [0.25, 0.3) is 0 Å². The number of rotatable bonds is 1. The Kier molecular flexibility index (Phi) is 3.82. The summed E-state index contributed by atoms with van der Waals surface area (Å²) in [5, 5.41) is 2.14. The van der Waals surface area contributed by atoms with Crippen LogP contribution in [0.4, 0.5) is 0 Å². The fraction of sp³-hybridized carbons (Fsp3) is 0.857. The fourth-order valence-corrected chi connectivity index (χ4v) is 1.53. The van der Waals surface area contributed by atoms with Gasteiger partial charge in [-0.1, -0.05) is 0 Å². The van der Waals surface area contributed by atoms with Crippen LogP contribution >= 0.6 is 47.8 Å². The van der Waals surface area contributed by atoms with E-state index in [4.69, 9.17) is 4.74 Å². The number of hydrogen-bond donors (Lipinski definition) is 1. The molecule has 1 fully saturated rings. The summed E-state index contributed by atoms with van der Waals surface area (Å²) in [7, 11) is 0. The normalized spacial score (nSPS) is 28.9. The number of quaternary nitrogens is 1. The van der Waals surface area contributed by atoms with Gasteiger partial charge < -0.3 is 10.1 Å². The van der Waals surface area contributed by atoms with Gasteiger partial charge in [-0.05, 0) is 54.7 Å². The Balaban J connectivity index is 2.53. The quantitative estimate of drug-likeness (QED) is 0.546. The first kappa shape index (κ1) is 11.9. The molecule has 0 saturated carbocycles. The number of alkyl halides is 3. The van der Waals surface area contributed by atoms with Gasteiger partial charge in [0.25, 0.3) is 0 Å². The predicted octanol–water partition coefficient (Wildman–Crippen LogP) is 1.09. The van der Waals surface area contributed by atoms with Crippen LogP contribution in [0.15, 0.2) is 0 Å². The molecular formula is C7H11Br3NO2+. The molecule has 1 aliphatic heterocycles. The molecule has 0 aromatic heterocycles. The third-order valence-electron chi connectivity index (χ3n) is 2.02. The van der Waals surface area contributed by atoms with Crippen molar-refractivity contribution >= 4 is 53.8 Å². The van der Waals surface area contributed by atoms with Crippen molar-refractivity contribution in [2.45, 2.75) is 21.1 Å². The smallest absolute Gasteiger partial charge is 0.345 e. The highest BCUT2D eigenvalue weighted by molar-refractivity contribution is 9.40. The van der Waals surface area contributed by atoms with Gasteiger partial charge >= 0.3 is 5.97 Å². The second-order valence-corrected chi connectivity index (χ2v) is 10.1. The van der Waals surface area contributed by atoms with Crippen molar-refractivity contribution in [2.75, 3.05) is 13.1 Å². The minimum atomic E-state index is -0.946. The molecule has 0 radical (unpaired) electrons. The maximum absolute atomic E-state index is 11.4. The SMILES string of the molecule is CC1(OC(=O)C(Br)(Br)Br)CC[NH2+]C1. The number of nitrogens with two attached hydrogens (primary N) is 1. The Labute approximate surface area is 102 Å². The average Bonchev–Trinajstić information content (AvgIpc) is 2.33. The zero-order valence-corrected chi connectivity index (χ0v) is 11.9. The third kappa shape index (κ3) is 3.49. The van der Waals surface area contributed by atoms with Crippen molar-refractivity contribution in [1.82, 2.24) is 0 Å². The monoisotopic (exact) mass is 378 g/mol. The first-order valence-corrected chi connectivity index (χ1v) is 6.33. The molecule has 1 rings (SSSR count). The van der Waals surface area contributed by atoms with E-state index in [1.54, 1.807) is 0 Å². The van der Waals surface area contributed by atoms with Gasteiger partial charge in [-0.15, -0.1) is 0 Å². The molecular weight excluding hydrogens is 370 g/mol. The summed E-state index contributed by atoms with van der Waals surface area (Å²) in [6, 6.07) is 0. The van der Waals surface area contributed by atoms with Gasteiger partial charge in [0, 0.05) is 6.42 Å². The lowest BCUT2D eigenvalue weighted by molar-refractivity contribution is -0.640. The van der Waals surface area contributed by atoms with Crippen LogP contribution in [0.2, 0.25) is 0 Å². The largest absolute Gasteiger partial charge is 0.451 e. The van der Waals surface area contributed by atoms with Gasteiger partial charge in [0.05, 0.1) is 6.54 Å². The first-order valence-electron chi connectivity index (χ1n) is 3.95. The second kappa shape index (κ2) is 4.16. The number of hydrogen-bond acceptors (Lipinski definition) is 2. The van der Waals surface area contributed by atoms with Gasteiger partial charge in [-0.3, -0.25) is 0 Å². The van der Waals surface area contributed by atoms with Crippen molar-refractivity contribution in [3.05, 3.63) is 0 Å². The summed E-state index contributed by atoms with van der Waals surface area (Å²) in [6.45, 7) is 3.80. The van der Waals surface area contributed by atoms with Crippen molar-refractivity contribution in [3.63, 3.8) is 0 Å². The average molecular weight is 381 g/mol. The third-order valence-corrected chi connectivity index (χ3v) is 3.00. The van der Waals surface area contributed by atoms with Crippen molar-refractivity contribution < 1.29 is 14.8 Å². The fourth-order valence-electron chi connectivity index (χ4n) is 1.29. The number of carbonyl (C=O) groups excluding carboxylic acids is 1. The summed E-state index contributed by atoms with van der Waals surface area (Å²) in [5.74, 6) is -0.342. The Bertz CT molecular complexity index is 208. The van der Waals surface area contributed by atoms with E-state index >= 15 is 0 Å². The van der Waals surface area contributed by atoms with Crippen LogP contribution in [0.1, 0.15) is 13.3 Å². The van der Waals surface area contributed by atoms with E-state index in [1.807, 2.05) is 6.92 Å².